The SMILES string of the molecule is CC(C)Cc1ccc2cc3cc(CC(C)C)ccc3cc2c1. The van der Waals surface area contributed by atoms with Gasteiger partial charge in [0.25, 0.3) is 0 Å². The van der Waals surface area contributed by atoms with Gasteiger partial charge < -0.3 is 0 Å². The summed E-state index contributed by atoms with van der Waals surface area (Å²) in [7, 11) is 0. The molecule has 0 aliphatic heterocycles. The van der Waals surface area contributed by atoms with Crippen molar-refractivity contribution in [3.05, 3.63) is 59.7 Å². The van der Waals surface area contributed by atoms with Crippen LogP contribution in [0.1, 0.15) is 38.8 Å². The molecule has 0 unspecified atom stereocenters. The van der Waals surface area contributed by atoms with Crippen molar-refractivity contribution in [2.75, 3.05) is 0 Å². The van der Waals surface area contributed by atoms with E-state index in [9.17, 15) is 0 Å². The van der Waals surface area contributed by atoms with Crippen LogP contribution >= 0.6 is 0 Å². The van der Waals surface area contributed by atoms with E-state index in [2.05, 4.69) is 76.2 Å². The Kier molecular flexibility index (Phi) is 4.20. The molecule has 0 saturated carbocycles. The Balaban J connectivity index is 2.05. The molecule has 0 spiro atoms. The lowest BCUT2D eigenvalue weighted by Gasteiger charge is -2.10. The molecule has 0 atom stereocenters. The minimum atomic E-state index is 0.705. The van der Waals surface area contributed by atoms with Crippen LogP contribution in [-0.2, 0) is 12.8 Å². The molecular weight excluding hydrogens is 264 g/mol. The van der Waals surface area contributed by atoms with Crippen LogP contribution < -0.4 is 0 Å². The molecule has 0 aromatic heterocycles. The van der Waals surface area contributed by atoms with Gasteiger partial charge in [-0.05, 0) is 69.5 Å². The highest BCUT2D eigenvalue weighted by molar-refractivity contribution is 5.98. The van der Waals surface area contributed by atoms with Crippen LogP contribution in [0.2, 0.25) is 0 Å². The second-order valence-corrected chi connectivity index (χ2v) is 7.41. The molecule has 3 rings (SSSR count). The molecule has 0 N–H and O–H groups in total. The quantitative estimate of drug-likeness (QED) is 0.488. The number of fused-ring (bicyclic) bond motifs is 2. The van der Waals surface area contributed by atoms with E-state index in [0.717, 1.165) is 12.8 Å². The van der Waals surface area contributed by atoms with Gasteiger partial charge in [0.05, 0.1) is 0 Å². The summed E-state index contributed by atoms with van der Waals surface area (Å²) >= 11 is 0. The van der Waals surface area contributed by atoms with Crippen LogP contribution in [0, 0.1) is 11.8 Å². The highest BCUT2D eigenvalue weighted by atomic mass is 14.1. The Labute approximate surface area is 134 Å². The summed E-state index contributed by atoms with van der Waals surface area (Å²) in [5.74, 6) is 1.41. The number of rotatable bonds is 4. The molecule has 0 fully saturated rings. The molecule has 0 nitrogen and oxygen atoms in total. The molecule has 0 amide bonds. The molecule has 3 aromatic rings. The first-order valence-corrected chi connectivity index (χ1v) is 8.46. The molecular formula is C22H26. The highest BCUT2D eigenvalue weighted by Crippen LogP contribution is 2.26. The standard InChI is InChI=1S/C22H26/c1-15(2)9-17-5-7-19-14-22-12-18(10-16(3)4)6-8-20(22)13-21(19)11-17/h5-8,11-16H,9-10H2,1-4H3. The van der Waals surface area contributed by atoms with Gasteiger partial charge in [0.1, 0.15) is 0 Å². The highest BCUT2D eigenvalue weighted by Gasteiger charge is 2.04. The zero-order valence-corrected chi connectivity index (χ0v) is 14.2. The Morgan fingerprint density at radius 2 is 0.955 bits per heavy atom. The van der Waals surface area contributed by atoms with Crippen molar-refractivity contribution in [3.8, 4) is 0 Å². The van der Waals surface area contributed by atoms with Gasteiger partial charge in [-0.15, -0.1) is 0 Å². The molecule has 22 heavy (non-hydrogen) atoms. The Hall–Kier alpha value is -1.82. The normalized spacial score (nSPS) is 11.9. The van der Waals surface area contributed by atoms with Gasteiger partial charge in [0, 0.05) is 0 Å². The van der Waals surface area contributed by atoms with Crippen LogP contribution in [0.25, 0.3) is 21.5 Å². The van der Waals surface area contributed by atoms with Crippen LogP contribution in [0.3, 0.4) is 0 Å². The van der Waals surface area contributed by atoms with Crippen molar-refractivity contribution in [1.29, 1.82) is 0 Å². The lowest BCUT2D eigenvalue weighted by Crippen LogP contribution is -1.94. The van der Waals surface area contributed by atoms with Crippen molar-refractivity contribution in [2.24, 2.45) is 11.8 Å². The molecule has 0 bridgehead atoms. The van der Waals surface area contributed by atoms with E-state index in [0.29, 0.717) is 11.8 Å². The Morgan fingerprint density at radius 3 is 1.32 bits per heavy atom. The summed E-state index contributed by atoms with van der Waals surface area (Å²) in [5.41, 5.74) is 2.89. The van der Waals surface area contributed by atoms with Gasteiger partial charge in [-0.3, -0.25) is 0 Å². The van der Waals surface area contributed by atoms with Gasteiger partial charge in [-0.25, -0.2) is 0 Å². The fourth-order valence-electron chi connectivity index (χ4n) is 3.29. The van der Waals surface area contributed by atoms with Crippen molar-refractivity contribution < 1.29 is 0 Å². The Bertz CT molecular complexity index is 724. The largest absolute Gasteiger partial charge is 0.0625 e. The molecule has 0 aliphatic carbocycles. The maximum absolute atomic E-state index is 2.36. The van der Waals surface area contributed by atoms with E-state index < -0.39 is 0 Å². The van der Waals surface area contributed by atoms with Crippen LogP contribution in [0.5, 0.6) is 0 Å². The zero-order chi connectivity index (χ0) is 15.7. The summed E-state index contributed by atoms with van der Waals surface area (Å²) in [6.07, 6.45) is 2.31. The maximum Gasteiger partial charge on any atom is -0.0175 e. The number of hydrogen-bond donors (Lipinski definition) is 0. The first kappa shape index (κ1) is 15.1. The summed E-state index contributed by atoms with van der Waals surface area (Å²) in [4.78, 5) is 0. The smallest absolute Gasteiger partial charge is 0.0175 e. The minimum absolute atomic E-state index is 0.705. The van der Waals surface area contributed by atoms with Crippen molar-refractivity contribution in [2.45, 2.75) is 40.5 Å². The molecule has 0 radical (unpaired) electrons. The van der Waals surface area contributed by atoms with E-state index >= 15 is 0 Å². The summed E-state index contributed by atoms with van der Waals surface area (Å²) in [5, 5.41) is 5.42. The Morgan fingerprint density at radius 1 is 0.545 bits per heavy atom. The predicted octanol–water partition coefficient (Wildman–Crippen LogP) is 6.39. The monoisotopic (exact) mass is 290 g/mol. The lowest BCUT2D eigenvalue weighted by molar-refractivity contribution is 0.647. The second kappa shape index (κ2) is 6.12. The first-order valence-electron chi connectivity index (χ1n) is 8.46. The van der Waals surface area contributed by atoms with Gasteiger partial charge in [0.15, 0.2) is 0 Å². The molecule has 0 heteroatoms. The van der Waals surface area contributed by atoms with Gasteiger partial charge in [0.2, 0.25) is 0 Å². The lowest BCUT2D eigenvalue weighted by atomic mass is 9.95. The third-order valence-electron chi connectivity index (χ3n) is 4.21. The predicted molar refractivity (Wildman–Crippen MR) is 98.5 cm³/mol. The van der Waals surface area contributed by atoms with Gasteiger partial charge in [-0.1, -0.05) is 64.1 Å². The maximum atomic E-state index is 2.36. The van der Waals surface area contributed by atoms with E-state index in [1.807, 2.05) is 0 Å². The van der Waals surface area contributed by atoms with E-state index in [-0.39, 0.29) is 0 Å². The van der Waals surface area contributed by atoms with Gasteiger partial charge >= 0.3 is 0 Å². The van der Waals surface area contributed by atoms with Crippen LogP contribution in [0.4, 0.5) is 0 Å². The van der Waals surface area contributed by atoms with Crippen molar-refractivity contribution in [1.82, 2.24) is 0 Å². The topological polar surface area (TPSA) is 0 Å². The minimum Gasteiger partial charge on any atom is -0.0625 e. The average molecular weight is 290 g/mol. The first-order chi connectivity index (χ1) is 10.5. The van der Waals surface area contributed by atoms with E-state index in [4.69, 9.17) is 0 Å². The van der Waals surface area contributed by atoms with Crippen molar-refractivity contribution >= 4 is 21.5 Å². The summed E-state index contributed by atoms with van der Waals surface area (Å²) in [6.45, 7) is 9.11. The molecule has 0 aliphatic rings. The number of hydrogen-bond acceptors (Lipinski definition) is 0. The average Bonchev–Trinajstić information content (AvgIpc) is 2.44. The fourth-order valence-corrected chi connectivity index (χ4v) is 3.29. The van der Waals surface area contributed by atoms with E-state index in [1.165, 1.54) is 32.7 Å². The molecule has 0 saturated heterocycles. The van der Waals surface area contributed by atoms with Gasteiger partial charge in [-0.2, -0.15) is 0 Å². The second-order valence-electron chi connectivity index (χ2n) is 7.41. The molecule has 0 heterocycles. The third-order valence-corrected chi connectivity index (χ3v) is 4.21. The molecule has 3 aromatic carbocycles. The summed E-state index contributed by atoms with van der Waals surface area (Å²) in [6, 6.07) is 18.5. The molecule has 114 valence electrons. The van der Waals surface area contributed by atoms with Crippen molar-refractivity contribution in [3.63, 3.8) is 0 Å². The number of benzene rings is 3. The van der Waals surface area contributed by atoms with Crippen LogP contribution in [0.15, 0.2) is 48.5 Å². The van der Waals surface area contributed by atoms with Crippen LogP contribution in [-0.4, -0.2) is 0 Å². The fraction of sp³-hybridized carbons (Fsp3) is 0.364. The third kappa shape index (κ3) is 3.32. The zero-order valence-electron chi connectivity index (χ0n) is 14.2. The van der Waals surface area contributed by atoms with E-state index in [1.54, 1.807) is 0 Å². The summed E-state index contributed by atoms with van der Waals surface area (Å²) < 4.78 is 0.